The smallest absolute Gasteiger partial charge is 0.401 e. The zero-order valence-corrected chi connectivity index (χ0v) is 13.4. The third-order valence-corrected chi connectivity index (χ3v) is 2.26. The summed E-state index contributed by atoms with van der Waals surface area (Å²) >= 11 is 8.38. The van der Waals surface area contributed by atoms with Gasteiger partial charge in [0.05, 0.1) is 0 Å². The lowest BCUT2D eigenvalue weighted by Gasteiger charge is -2.01. The summed E-state index contributed by atoms with van der Waals surface area (Å²) in [5, 5.41) is 32.6. The minimum atomic E-state index is -1.36. The number of aromatic hydroxyl groups is 2. The number of rotatable bonds is 2. The molecule has 0 amide bonds. The minimum absolute atomic E-state index is 0.127. The molecule has 0 spiro atoms. The van der Waals surface area contributed by atoms with Crippen molar-refractivity contribution < 1.29 is 34.8 Å². The molecule has 128 valence electrons. The molecule has 0 aliphatic carbocycles. The lowest BCUT2D eigenvalue weighted by molar-refractivity contribution is 0.103. The van der Waals surface area contributed by atoms with Gasteiger partial charge in [-0.2, -0.15) is 0 Å². The number of benzene rings is 2. The Morgan fingerprint density at radius 3 is 1.04 bits per heavy atom. The number of hydrogen-bond donors (Lipinski definition) is 4. The molecule has 0 radical (unpaired) electrons. The number of hydrogen-bond acceptors (Lipinski definition) is 5. The van der Waals surface area contributed by atoms with Crippen LogP contribution in [0.4, 0.5) is 9.59 Å². The first-order chi connectivity index (χ1) is 11.1. The van der Waals surface area contributed by atoms with Gasteiger partial charge in [0.1, 0.15) is 11.5 Å². The molecule has 0 atom stereocenters. The first kappa shape index (κ1) is 21.2. The molecule has 0 heterocycles. The molecule has 0 unspecified atom stereocenters. The highest BCUT2D eigenvalue weighted by Gasteiger charge is 2.08. The van der Waals surface area contributed by atoms with Crippen molar-refractivity contribution in [1.82, 2.24) is 0 Å². The Bertz CT molecular complexity index is 614. The molecule has 0 fully saturated rings. The number of carbonyl (C=O) groups is 3. The second kappa shape index (κ2) is 10.9. The van der Waals surface area contributed by atoms with Crippen LogP contribution in [0.15, 0.2) is 48.5 Å². The normalized spacial score (nSPS) is 8.75. The van der Waals surface area contributed by atoms with E-state index in [9.17, 15) is 4.79 Å². The van der Waals surface area contributed by atoms with Gasteiger partial charge in [-0.25, -0.2) is 9.59 Å². The van der Waals surface area contributed by atoms with Gasteiger partial charge in [0, 0.05) is 34.3 Å². The molecule has 2 rings (SSSR count). The third kappa shape index (κ3) is 10.0. The number of phenolic OH excluding ortho intramolecular Hbond substituents is 2. The van der Waals surface area contributed by atoms with Crippen LogP contribution in [0.5, 0.6) is 11.5 Å². The summed E-state index contributed by atoms with van der Waals surface area (Å²) in [5.74, 6) is 0.115. The first-order valence-electron chi connectivity index (χ1n) is 6.03. The summed E-state index contributed by atoms with van der Waals surface area (Å²) in [6.07, 6.45) is 0. The monoisotopic (exact) mass is 374 g/mol. The van der Waals surface area contributed by atoms with Crippen LogP contribution < -0.4 is 0 Å². The molecule has 0 bridgehead atoms. The Hall–Kier alpha value is -2.77. The molecule has 0 aliphatic rings. The van der Waals surface area contributed by atoms with E-state index in [0.717, 1.165) is 0 Å². The summed E-state index contributed by atoms with van der Waals surface area (Å²) < 4.78 is 0. The average molecular weight is 375 g/mol. The van der Waals surface area contributed by atoms with Crippen molar-refractivity contribution >= 4 is 39.8 Å². The summed E-state index contributed by atoms with van der Waals surface area (Å²) in [6.45, 7) is 0. The van der Waals surface area contributed by atoms with Crippen molar-refractivity contribution in [2.75, 3.05) is 0 Å². The molecule has 9 heteroatoms. The Morgan fingerprint density at radius 1 is 0.625 bits per heavy atom. The van der Waals surface area contributed by atoms with Crippen LogP contribution in [0.25, 0.3) is 0 Å². The van der Waals surface area contributed by atoms with Crippen LogP contribution in [0.1, 0.15) is 15.9 Å². The van der Waals surface area contributed by atoms with E-state index in [0.29, 0.717) is 11.1 Å². The van der Waals surface area contributed by atoms with Gasteiger partial charge in [-0.3, -0.25) is 4.79 Å². The highest BCUT2D eigenvalue weighted by Crippen LogP contribution is 2.16. The van der Waals surface area contributed by atoms with Gasteiger partial charge >= 0.3 is 10.9 Å². The van der Waals surface area contributed by atoms with E-state index in [1.54, 1.807) is 24.3 Å². The van der Waals surface area contributed by atoms with Gasteiger partial charge in [0.15, 0.2) is 5.78 Å². The Kier molecular flexibility index (Phi) is 9.62. The first-order valence-corrected chi connectivity index (χ1v) is 6.78. The van der Waals surface area contributed by atoms with E-state index in [2.05, 4.69) is 23.2 Å². The van der Waals surface area contributed by atoms with E-state index < -0.39 is 10.9 Å². The molecule has 24 heavy (non-hydrogen) atoms. The quantitative estimate of drug-likeness (QED) is 0.458. The lowest BCUT2D eigenvalue weighted by Crippen LogP contribution is -2.00. The number of ketones is 1. The zero-order valence-electron chi connectivity index (χ0n) is 11.9. The van der Waals surface area contributed by atoms with Gasteiger partial charge in [-0.15, -0.1) is 0 Å². The number of carbonyl (C=O) groups excluding carboxylic acids is 1. The molecular formula is C15H12Cl2O7. The van der Waals surface area contributed by atoms with E-state index in [1.807, 2.05) is 0 Å². The largest absolute Gasteiger partial charge is 0.508 e. The summed E-state index contributed by atoms with van der Waals surface area (Å²) in [4.78, 5) is 29.4. The van der Waals surface area contributed by atoms with Crippen molar-refractivity contribution in [1.29, 1.82) is 0 Å². The highest BCUT2D eigenvalue weighted by molar-refractivity contribution is 6.60. The van der Waals surface area contributed by atoms with Crippen LogP contribution in [0.2, 0.25) is 0 Å². The van der Waals surface area contributed by atoms with Crippen molar-refractivity contribution in [2.45, 2.75) is 0 Å². The van der Waals surface area contributed by atoms with E-state index >= 15 is 0 Å². The second-order valence-electron chi connectivity index (χ2n) is 3.93. The fraction of sp³-hybridized carbons (Fsp3) is 0. The van der Waals surface area contributed by atoms with Gasteiger partial charge < -0.3 is 20.4 Å². The van der Waals surface area contributed by atoms with Crippen molar-refractivity contribution in [3.05, 3.63) is 59.7 Å². The maximum absolute atomic E-state index is 11.9. The number of phenols is 2. The number of halogens is 2. The SMILES string of the molecule is O=C(O)Cl.O=C(O)Cl.O=C(c1ccc(O)cc1)c1ccc(O)cc1. The summed E-state index contributed by atoms with van der Waals surface area (Å²) in [5.41, 5.74) is -1.72. The van der Waals surface area contributed by atoms with Gasteiger partial charge in [-0.1, -0.05) is 0 Å². The van der Waals surface area contributed by atoms with Crippen molar-refractivity contribution in [2.24, 2.45) is 0 Å². The average Bonchev–Trinajstić information content (AvgIpc) is 2.47. The van der Waals surface area contributed by atoms with Crippen LogP contribution in [0.3, 0.4) is 0 Å². The molecule has 0 aromatic heterocycles. The van der Waals surface area contributed by atoms with Crippen molar-refractivity contribution in [3.63, 3.8) is 0 Å². The molecule has 0 saturated heterocycles. The molecule has 0 aliphatic heterocycles. The number of carboxylic acid groups (broad SMARTS) is 2. The maximum Gasteiger partial charge on any atom is 0.401 e. The second-order valence-corrected chi connectivity index (χ2v) is 4.58. The fourth-order valence-corrected chi connectivity index (χ4v) is 1.39. The predicted octanol–water partition coefficient (Wildman–Crippen LogP) is 4.14. The van der Waals surface area contributed by atoms with E-state index in [1.165, 1.54) is 24.3 Å². The Morgan fingerprint density at radius 2 is 0.833 bits per heavy atom. The van der Waals surface area contributed by atoms with Gasteiger partial charge in [-0.05, 0) is 48.5 Å². The molecule has 7 nitrogen and oxygen atoms in total. The van der Waals surface area contributed by atoms with E-state index in [4.69, 9.17) is 30.0 Å². The molecule has 4 N–H and O–H groups in total. The third-order valence-electron chi connectivity index (χ3n) is 2.26. The predicted molar refractivity (Wildman–Crippen MR) is 87.4 cm³/mol. The molecule has 2 aromatic rings. The Balaban J connectivity index is 0.000000558. The topological polar surface area (TPSA) is 132 Å². The van der Waals surface area contributed by atoms with Crippen LogP contribution in [-0.4, -0.2) is 37.1 Å². The van der Waals surface area contributed by atoms with Crippen LogP contribution in [-0.2, 0) is 0 Å². The molecular weight excluding hydrogens is 363 g/mol. The van der Waals surface area contributed by atoms with Crippen molar-refractivity contribution in [3.8, 4) is 11.5 Å². The molecule has 2 aromatic carbocycles. The van der Waals surface area contributed by atoms with Gasteiger partial charge in [0.2, 0.25) is 0 Å². The zero-order chi connectivity index (χ0) is 18.7. The lowest BCUT2D eigenvalue weighted by atomic mass is 10.0. The van der Waals surface area contributed by atoms with Crippen LogP contribution >= 0.6 is 23.2 Å². The maximum atomic E-state index is 11.9. The standard InChI is InChI=1S/C13H10O3.2CHClO2/c14-11-5-1-9(2-6-11)13(16)10-3-7-12(15)8-4-10;2*2-1(3)4/h1-8,14-15H;2*(H,3,4). The minimum Gasteiger partial charge on any atom is -0.508 e. The van der Waals surface area contributed by atoms with E-state index in [-0.39, 0.29) is 17.3 Å². The summed E-state index contributed by atoms with van der Waals surface area (Å²) in [6, 6.07) is 12.1. The fourth-order valence-electron chi connectivity index (χ4n) is 1.39. The summed E-state index contributed by atoms with van der Waals surface area (Å²) in [7, 11) is 0. The van der Waals surface area contributed by atoms with Gasteiger partial charge in [0.25, 0.3) is 0 Å². The Labute approximate surface area is 146 Å². The van der Waals surface area contributed by atoms with Crippen LogP contribution in [0, 0.1) is 0 Å². The molecule has 0 saturated carbocycles. The highest BCUT2D eigenvalue weighted by atomic mass is 35.5.